The molecule has 1 aliphatic rings. The molecule has 1 aromatic heterocycles. The minimum Gasteiger partial charge on any atom is -0.388 e. The molecule has 1 saturated carbocycles. The second-order valence-corrected chi connectivity index (χ2v) is 7.81. The molecule has 1 heterocycles. The molecule has 0 saturated heterocycles. The molecule has 1 N–H and O–H groups in total. The molecule has 90 valence electrons. The summed E-state index contributed by atoms with van der Waals surface area (Å²) in [6, 6.07) is 2.09. The molecule has 0 aromatic carbocycles. The summed E-state index contributed by atoms with van der Waals surface area (Å²) in [5, 5.41) is 10.6. The van der Waals surface area contributed by atoms with Crippen LogP contribution in [0.3, 0.4) is 0 Å². The van der Waals surface area contributed by atoms with Crippen molar-refractivity contribution in [2.75, 3.05) is 0 Å². The zero-order valence-electron chi connectivity index (χ0n) is 9.92. The Morgan fingerprint density at radius 1 is 1.38 bits per heavy atom. The number of aryl methyl sites for hydroxylation is 1. The van der Waals surface area contributed by atoms with Crippen LogP contribution in [0.2, 0.25) is 0 Å². The minimum atomic E-state index is -0.296. The highest BCUT2D eigenvalue weighted by Gasteiger charge is 2.36. The van der Waals surface area contributed by atoms with Crippen molar-refractivity contribution in [2.45, 2.75) is 52.1 Å². The van der Waals surface area contributed by atoms with Gasteiger partial charge in [-0.2, -0.15) is 0 Å². The van der Waals surface area contributed by atoms with Gasteiger partial charge in [-0.15, -0.1) is 11.3 Å². The fraction of sp³-hybridized carbons (Fsp3) is 0.692. The third-order valence-electron chi connectivity index (χ3n) is 3.88. The standard InChI is InChI=1S/C13H19BrOS/c1-9-10(8-11(14)16-9)12(15)13(2)6-4-3-5-7-13/h8,12,15H,3-7H2,1-2H3. The van der Waals surface area contributed by atoms with Crippen molar-refractivity contribution in [3.05, 3.63) is 20.3 Å². The van der Waals surface area contributed by atoms with Gasteiger partial charge in [0.1, 0.15) is 0 Å². The van der Waals surface area contributed by atoms with Crippen molar-refractivity contribution < 1.29 is 5.11 Å². The molecule has 16 heavy (non-hydrogen) atoms. The molecule has 0 spiro atoms. The smallest absolute Gasteiger partial charge is 0.0854 e. The van der Waals surface area contributed by atoms with Gasteiger partial charge in [0.15, 0.2) is 0 Å². The Kier molecular flexibility index (Phi) is 3.77. The highest BCUT2D eigenvalue weighted by atomic mass is 79.9. The van der Waals surface area contributed by atoms with Crippen LogP contribution < -0.4 is 0 Å². The third kappa shape index (κ3) is 2.36. The molecular weight excluding hydrogens is 284 g/mol. The number of aliphatic hydroxyl groups excluding tert-OH is 1. The molecule has 1 unspecified atom stereocenters. The first-order chi connectivity index (χ1) is 7.53. The highest BCUT2D eigenvalue weighted by Crippen LogP contribution is 2.47. The molecule has 0 aliphatic heterocycles. The molecule has 1 fully saturated rings. The number of hydrogen-bond donors (Lipinski definition) is 1. The molecule has 2 rings (SSSR count). The molecule has 1 aromatic rings. The molecule has 3 heteroatoms. The molecule has 1 nitrogen and oxygen atoms in total. The van der Waals surface area contributed by atoms with Gasteiger partial charge in [0.05, 0.1) is 9.89 Å². The normalized spacial score (nSPS) is 22.0. The van der Waals surface area contributed by atoms with Gasteiger partial charge in [0, 0.05) is 4.88 Å². The first-order valence-corrected chi connectivity index (χ1v) is 7.58. The second kappa shape index (κ2) is 4.79. The summed E-state index contributed by atoms with van der Waals surface area (Å²) in [5.74, 6) is 0. The van der Waals surface area contributed by atoms with Gasteiger partial charge in [-0.25, -0.2) is 0 Å². The van der Waals surface area contributed by atoms with Gasteiger partial charge in [-0.1, -0.05) is 26.2 Å². The average molecular weight is 303 g/mol. The monoisotopic (exact) mass is 302 g/mol. The molecular formula is C13H19BrOS. The van der Waals surface area contributed by atoms with Crippen LogP contribution in [0.5, 0.6) is 0 Å². The van der Waals surface area contributed by atoms with Crippen LogP contribution in [-0.4, -0.2) is 5.11 Å². The highest BCUT2D eigenvalue weighted by molar-refractivity contribution is 9.11. The first-order valence-electron chi connectivity index (χ1n) is 5.97. The topological polar surface area (TPSA) is 20.2 Å². The third-order valence-corrected chi connectivity index (χ3v) is 5.45. The van der Waals surface area contributed by atoms with Crippen molar-refractivity contribution in [1.82, 2.24) is 0 Å². The number of rotatable bonds is 2. The maximum Gasteiger partial charge on any atom is 0.0854 e. The van der Waals surface area contributed by atoms with E-state index in [1.54, 1.807) is 11.3 Å². The first kappa shape index (κ1) is 12.6. The van der Waals surface area contributed by atoms with Gasteiger partial charge in [0.25, 0.3) is 0 Å². The lowest BCUT2D eigenvalue weighted by atomic mass is 9.70. The van der Waals surface area contributed by atoms with Crippen LogP contribution in [0.25, 0.3) is 0 Å². The van der Waals surface area contributed by atoms with Crippen LogP contribution in [0.4, 0.5) is 0 Å². The van der Waals surface area contributed by atoms with Gasteiger partial charge in [0.2, 0.25) is 0 Å². The van der Waals surface area contributed by atoms with Gasteiger partial charge in [-0.05, 0) is 52.7 Å². The van der Waals surface area contributed by atoms with E-state index in [9.17, 15) is 5.11 Å². The molecule has 0 bridgehead atoms. The van der Waals surface area contributed by atoms with Crippen molar-refractivity contribution in [1.29, 1.82) is 0 Å². The van der Waals surface area contributed by atoms with Gasteiger partial charge in [-0.3, -0.25) is 0 Å². The van der Waals surface area contributed by atoms with Crippen molar-refractivity contribution >= 4 is 27.3 Å². The number of thiophene rings is 1. The van der Waals surface area contributed by atoms with Crippen molar-refractivity contribution in [2.24, 2.45) is 5.41 Å². The molecule has 0 amide bonds. The minimum absolute atomic E-state index is 0.0868. The van der Waals surface area contributed by atoms with Crippen LogP contribution in [0.15, 0.2) is 9.85 Å². The van der Waals surface area contributed by atoms with Crippen LogP contribution in [-0.2, 0) is 0 Å². The number of hydrogen-bond acceptors (Lipinski definition) is 2. The molecule has 1 atom stereocenters. The quantitative estimate of drug-likeness (QED) is 0.830. The predicted octanol–water partition coefficient (Wildman–Crippen LogP) is 4.82. The fourth-order valence-corrected chi connectivity index (χ4v) is 4.48. The second-order valence-electron chi connectivity index (χ2n) is 5.18. The largest absolute Gasteiger partial charge is 0.388 e. The summed E-state index contributed by atoms with van der Waals surface area (Å²) in [6.07, 6.45) is 5.86. The lowest BCUT2D eigenvalue weighted by Crippen LogP contribution is -2.28. The van der Waals surface area contributed by atoms with E-state index in [1.807, 2.05) is 0 Å². The van der Waals surface area contributed by atoms with E-state index >= 15 is 0 Å². The van der Waals surface area contributed by atoms with E-state index < -0.39 is 0 Å². The fourth-order valence-electron chi connectivity index (χ4n) is 2.74. The van der Waals surface area contributed by atoms with Gasteiger partial charge >= 0.3 is 0 Å². The Bertz CT molecular complexity index is 366. The van der Waals surface area contributed by atoms with Crippen LogP contribution in [0, 0.1) is 12.3 Å². The summed E-state index contributed by atoms with van der Waals surface area (Å²) in [6.45, 7) is 4.34. The van der Waals surface area contributed by atoms with Crippen molar-refractivity contribution in [3.8, 4) is 0 Å². The van der Waals surface area contributed by atoms with Crippen molar-refractivity contribution in [3.63, 3.8) is 0 Å². The Morgan fingerprint density at radius 2 is 2.00 bits per heavy atom. The van der Waals surface area contributed by atoms with E-state index in [4.69, 9.17) is 0 Å². The van der Waals surface area contributed by atoms with Crippen LogP contribution >= 0.6 is 27.3 Å². The zero-order chi connectivity index (χ0) is 11.8. The summed E-state index contributed by atoms with van der Waals surface area (Å²) in [4.78, 5) is 1.24. The summed E-state index contributed by atoms with van der Waals surface area (Å²) in [7, 11) is 0. The lowest BCUT2D eigenvalue weighted by molar-refractivity contribution is 0.00808. The summed E-state index contributed by atoms with van der Waals surface area (Å²) >= 11 is 5.22. The Hall–Kier alpha value is 0.140. The van der Waals surface area contributed by atoms with E-state index in [2.05, 4.69) is 35.8 Å². The Balaban J connectivity index is 2.23. The number of aliphatic hydroxyl groups is 1. The number of halogens is 1. The SMILES string of the molecule is Cc1sc(Br)cc1C(O)C1(C)CCCCC1. The van der Waals surface area contributed by atoms with Crippen LogP contribution in [0.1, 0.15) is 55.6 Å². The van der Waals surface area contributed by atoms with E-state index in [0.717, 1.165) is 22.2 Å². The van der Waals surface area contributed by atoms with E-state index in [-0.39, 0.29) is 11.5 Å². The van der Waals surface area contributed by atoms with E-state index in [0.29, 0.717) is 0 Å². The average Bonchev–Trinajstić information content (AvgIpc) is 2.58. The Labute approximate surface area is 110 Å². The summed E-state index contributed by atoms with van der Waals surface area (Å²) < 4.78 is 1.12. The molecule has 1 aliphatic carbocycles. The predicted molar refractivity (Wildman–Crippen MR) is 72.9 cm³/mol. The van der Waals surface area contributed by atoms with E-state index in [1.165, 1.54) is 24.1 Å². The van der Waals surface area contributed by atoms with Gasteiger partial charge < -0.3 is 5.11 Å². The molecule has 0 radical (unpaired) electrons. The zero-order valence-corrected chi connectivity index (χ0v) is 12.3. The maximum atomic E-state index is 10.6. The lowest BCUT2D eigenvalue weighted by Gasteiger charge is -2.38. The Morgan fingerprint density at radius 3 is 2.50 bits per heavy atom. The maximum absolute atomic E-state index is 10.6. The summed E-state index contributed by atoms with van der Waals surface area (Å²) in [5.41, 5.74) is 1.21.